The number of hydrogen-bond donors (Lipinski definition) is 1. The first kappa shape index (κ1) is 20.3. The second-order valence-corrected chi connectivity index (χ2v) is 7.62. The first-order valence-electron chi connectivity index (χ1n) is 9.97. The molecule has 0 bridgehead atoms. The molecule has 2 aliphatic rings. The summed E-state index contributed by atoms with van der Waals surface area (Å²) in [6.07, 6.45) is 1.29. The SMILES string of the molecule is C=CCOC(=O)Nc1cc2n(n1)CCN(c1nc(C3CCC(F)(F)CC3)no1)C2C. The van der Waals surface area contributed by atoms with E-state index < -0.39 is 12.0 Å². The van der Waals surface area contributed by atoms with Crippen LogP contribution in [0.15, 0.2) is 23.2 Å². The molecule has 0 radical (unpaired) electrons. The Kier molecular flexibility index (Phi) is 5.44. The van der Waals surface area contributed by atoms with Crippen molar-refractivity contribution in [1.82, 2.24) is 19.9 Å². The zero-order valence-corrected chi connectivity index (χ0v) is 16.7. The Balaban J connectivity index is 1.44. The van der Waals surface area contributed by atoms with Crippen LogP contribution in [0.25, 0.3) is 0 Å². The van der Waals surface area contributed by atoms with E-state index in [9.17, 15) is 13.6 Å². The maximum atomic E-state index is 13.4. The highest BCUT2D eigenvalue weighted by Crippen LogP contribution is 2.40. The summed E-state index contributed by atoms with van der Waals surface area (Å²) in [4.78, 5) is 18.2. The summed E-state index contributed by atoms with van der Waals surface area (Å²) >= 11 is 0. The monoisotopic (exact) mass is 422 g/mol. The number of aromatic nitrogens is 4. The highest BCUT2D eigenvalue weighted by Gasteiger charge is 2.37. The molecular formula is C19H24F2N6O3. The second kappa shape index (κ2) is 8.04. The molecule has 0 aromatic carbocycles. The first-order valence-corrected chi connectivity index (χ1v) is 9.97. The molecule has 2 aromatic heterocycles. The Bertz CT molecular complexity index is 917. The molecule has 3 heterocycles. The standard InChI is InChI=1S/C19H24F2N6O3/c1-3-10-29-18(28)22-15-11-14-12(2)26(8-9-27(14)24-15)17-23-16(25-30-17)13-4-6-19(20,21)7-5-13/h3,11-13H,1,4-10H2,2H3,(H,22,24,28). The van der Waals surface area contributed by atoms with Gasteiger partial charge in [-0.1, -0.05) is 17.8 Å². The zero-order valence-electron chi connectivity index (χ0n) is 16.7. The van der Waals surface area contributed by atoms with E-state index in [1.807, 2.05) is 16.5 Å². The van der Waals surface area contributed by atoms with E-state index in [0.29, 0.717) is 43.6 Å². The van der Waals surface area contributed by atoms with Crippen molar-refractivity contribution in [2.45, 2.75) is 57.0 Å². The van der Waals surface area contributed by atoms with E-state index in [0.717, 1.165) is 5.69 Å². The maximum absolute atomic E-state index is 13.4. The lowest BCUT2D eigenvalue weighted by Gasteiger charge is -2.32. The molecule has 4 rings (SSSR count). The molecule has 1 aliphatic carbocycles. The lowest BCUT2D eigenvalue weighted by molar-refractivity contribution is -0.0389. The molecule has 0 spiro atoms. The summed E-state index contributed by atoms with van der Waals surface area (Å²) in [6.45, 7) is 6.73. The van der Waals surface area contributed by atoms with Crippen molar-refractivity contribution >= 4 is 17.9 Å². The molecule has 0 saturated heterocycles. The predicted molar refractivity (Wildman–Crippen MR) is 104 cm³/mol. The third-order valence-electron chi connectivity index (χ3n) is 5.58. The Hall–Kier alpha value is -2.98. The number of hydrogen-bond acceptors (Lipinski definition) is 7. The van der Waals surface area contributed by atoms with Crippen LogP contribution in [0.5, 0.6) is 0 Å². The van der Waals surface area contributed by atoms with Crippen LogP contribution in [-0.4, -0.2) is 45.1 Å². The van der Waals surface area contributed by atoms with Gasteiger partial charge in [-0.15, -0.1) is 0 Å². The van der Waals surface area contributed by atoms with E-state index >= 15 is 0 Å². The Morgan fingerprint density at radius 1 is 1.43 bits per heavy atom. The summed E-state index contributed by atoms with van der Waals surface area (Å²) in [6, 6.07) is 2.00. The minimum absolute atomic E-state index is 0.106. The molecule has 11 heteroatoms. The molecule has 1 fully saturated rings. The molecule has 1 unspecified atom stereocenters. The van der Waals surface area contributed by atoms with E-state index in [-0.39, 0.29) is 31.4 Å². The zero-order chi connectivity index (χ0) is 21.3. The number of nitrogens with one attached hydrogen (secondary N) is 1. The minimum atomic E-state index is -2.59. The van der Waals surface area contributed by atoms with Crippen LogP contribution in [-0.2, 0) is 11.3 Å². The van der Waals surface area contributed by atoms with Crippen LogP contribution in [0.2, 0.25) is 0 Å². The molecule has 1 saturated carbocycles. The number of carbonyl (C=O) groups is 1. The third kappa shape index (κ3) is 4.14. The quantitative estimate of drug-likeness (QED) is 0.730. The molecule has 2 aromatic rings. The molecule has 1 amide bonds. The van der Waals surface area contributed by atoms with E-state index in [1.54, 1.807) is 6.07 Å². The van der Waals surface area contributed by atoms with Crippen LogP contribution >= 0.6 is 0 Å². The minimum Gasteiger partial charge on any atom is -0.445 e. The summed E-state index contributed by atoms with van der Waals surface area (Å²) in [5.41, 5.74) is 0.873. The van der Waals surface area contributed by atoms with Crippen LogP contribution < -0.4 is 10.2 Å². The number of alkyl halides is 2. The Labute approximate surface area is 172 Å². The Morgan fingerprint density at radius 3 is 2.93 bits per heavy atom. The van der Waals surface area contributed by atoms with Crippen molar-refractivity contribution in [2.75, 3.05) is 23.4 Å². The highest BCUT2D eigenvalue weighted by atomic mass is 19.3. The molecule has 1 atom stereocenters. The van der Waals surface area contributed by atoms with Crippen LogP contribution in [0.4, 0.5) is 25.4 Å². The van der Waals surface area contributed by atoms with Gasteiger partial charge in [0, 0.05) is 31.4 Å². The van der Waals surface area contributed by atoms with Crippen LogP contribution in [0, 0.1) is 0 Å². The number of amides is 1. The van der Waals surface area contributed by atoms with Crippen LogP contribution in [0.3, 0.4) is 0 Å². The molecule has 162 valence electrons. The van der Waals surface area contributed by atoms with Gasteiger partial charge in [0.25, 0.3) is 0 Å². The highest BCUT2D eigenvalue weighted by molar-refractivity contribution is 5.83. The van der Waals surface area contributed by atoms with Gasteiger partial charge in [-0.3, -0.25) is 10.00 Å². The topological polar surface area (TPSA) is 98.3 Å². The Morgan fingerprint density at radius 2 is 2.20 bits per heavy atom. The van der Waals surface area contributed by atoms with Gasteiger partial charge in [-0.2, -0.15) is 10.1 Å². The van der Waals surface area contributed by atoms with Crippen LogP contribution in [0.1, 0.15) is 56.1 Å². The molecule has 9 nitrogen and oxygen atoms in total. The van der Waals surface area contributed by atoms with Crippen molar-refractivity contribution in [1.29, 1.82) is 0 Å². The van der Waals surface area contributed by atoms with Gasteiger partial charge in [-0.25, -0.2) is 13.6 Å². The second-order valence-electron chi connectivity index (χ2n) is 7.62. The van der Waals surface area contributed by atoms with Crippen molar-refractivity contribution in [2.24, 2.45) is 0 Å². The van der Waals surface area contributed by atoms with Gasteiger partial charge < -0.3 is 14.2 Å². The number of carbonyl (C=O) groups excluding carboxylic acids is 1. The average Bonchev–Trinajstić information content (AvgIpc) is 3.34. The molecule has 30 heavy (non-hydrogen) atoms. The number of halogens is 2. The first-order chi connectivity index (χ1) is 14.4. The summed E-state index contributed by atoms with van der Waals surface area (Å²) in [5, 5.41) is 11.0. The largest absolute Gasteiger partial charge is 0.445 e. The number of anilines is 2. The number of nitrogens with zero attached hydrogens (tertiary/aromatic N) is 5. The predicted octanol–water partition coefficient (Wildman–Crippen LogP) is 3.87. The van der Waals surface area contributed by atoms with Gasteiger partial charge in [0.2, 0.25) is 5.92 Å². The number of fused-ring (bicyclic) bond motifs is 1. The summed E-state index contributed by atoms with van der Waals surface area (Å²) in [7, 11) is 0. The lowest BCUT2D eigenvalue weighted by Crippen LogP contribution is -2.37. The van der Waals surface area contributed by atoms with Gasteiger partial charge in [-0.05, 0) is 19.8 Å². The molecule has 1 N–H and O–H groups in total. The van der Waals surface area contributed by atoms with Gasteiger partial charge in [0.05, 0.1) is 18.3 Å². The van der Waals surface area contributed by atoms with Crippen molar-refractivity contribution in [3.63, 3.8) is 0 Å². The maximum Gasteiger partial charge on any atom is 0.413 e. The van der Waals surface area contributed by atoms with Gasteiger partial charge >= 0.3 is 12.1 Å². The fraction of sp³-hybridized carbons (Fsp3) is 0.579. The number of rotatable bonds is 5. The molecular weight excluding hydrogens is 398 g/mol. The van der Waals surface area contributed by atoms with E-state index in [4.69, 9.17) is 9.26 Å². The normalized spacial score (nSPS) is 21.2. The van der Waals surface area contributed by atoms with Gasteiger partial charge in [0.15, 0.2) is 11.6 Å². The fourth-order valence-electron chi connectivity index (χ4n) is 3.91. The number of ether oxygens (including phenoxy) is 1. The van der Waals surface area contributed by atoms with Gasteiger partial charge in [0.1, 0.15) is 6.61 Å². The van der Waals surface area contributed by atoms with E-state index in [1.165, 1.54) is 6.08 Å². The van der Waals surface area contributed by atoms with Crippen molar-refractivity contribution in [3.8, 4) is 0 Å². The third-order valence-corrected chi connectivity index (χ3v) is 5.58. The van der Waals surface area contributed by atoms with Crippen molar-refractivity contribution in [3.05, 3.63) is 30.2 Å². The summed E-state index contributed by atoms with van der Waals surface area (Å²) in [5.74, 6) is -1.82. The van der Waals surface area contributed by atoms with Crippen molar-refractivity contribution < 1.29 is 22.8 Å². The lowest BCUT2D eigenvalue weighted by atomic mass is 9.86. The van der Waals surface area contributed by atoms with E-state index in [2.05, 4.69) is 27.1 Å². The smallest absolute Gasteiger partial charge is 0.413 e. The average molecular weight is 422 g/mol. The fourth-order valence-corrected chi connectivity index (χ4v) is 3.91. The molecule has 1 aliphatic heterocycles. The summed E-state index contributed by atoms with van der Waals surface area (Å²) < 4.78 is 39.0.